The summed E-state index contributed by atoms with van der Waals surface area (Å²) in [4.78, 5) is 8.40. The van der Waals surface area contributed by atoms with Crippen LogP contribution < -0.4 is 0 Å². The Morgan fingerprint density at radius 3 is 2.25 bits per heavy atom. The third kappa shape index (κ3) is 9.01. The average Bonchev–Trinajstić information content (AvgIpc) is 3.15. The van der Waals surface area contributed by atoms with Crippen molar-refractivity contribution >= 4 is 11.2 Å². The number of aromatic nitrogens is 2. The van der Waals surface area contributed by atoms with E-state index in [1.807, 2.05) is 12.1 Å². The van der Waals surface area contributed by atoms with Crippen molar-refractivity contribution in [3.8, 4) is 0 Å². The Morgan fingerprint density at radius 2 is 1.57 bits per heavy atom. The van der Waals surface area contributed by atoms with Gasteiger partial charge in [-0.2, -0.15) is 4.98 Å². The van der Waals surface area contributed by atoms with Gasteiger partial charge in [-0.05, 0) is 44.2 Å². The van der Waals surface area contributed by atoms with Crippen LogP contribution in [0.5, 0.6) is 0 Å². The molecule has 4 nitrogen and oxygen atoms in total. The predicted octanol–water partition coefficient (Wildman–Crippen LogP) is 7.29. The number of rotatable bonds is 16. The fourth-order valence-electron chi connectivity index (χ4n) is 3.46. The first-order valence-electron chi connectivity index (χ1n) is 11.4. The standard InChI is InChI=1S/C24H38N2O2/c1-2-3-4-5-6-7-8-9-10-11-12-13-14-15-16-18-21(27)24-26-23-22(28-24)19-17-20-25-23/h9-10,17,19-21,27H,2-8,11-16,18H2,1H3/b10-9+. The minimum absolute atomic E-state index is 0.393. The highest BCUT2D eigenvalue weighted by atomic mass is 16.4. The van der Waals surface area contributed by atoms with Gasteiger partial charge in [-0.15, -0.1) is 0 Å². The molecule has 1 unspecified atom stereocenters. The van der Waals surface area contributed by atoms with E-state index in [0.717, 1.165) is 12.8 Å². The molecule has 2 aromatic heterocycles. The van der Waals surface area contributed by atoms with Crippen molar-refractivity contribution in [2.45, 2.75) is 103 Å². The lowest BCUT2D eigenvalue weighted by Crippen LogP contribution is -1.97. The first-order chi connectivity index (χ1) is 13.8. The number of oxazole rings is 1. The molecule has 156 valence electrons. The summed E-state index contributed by atoms with van der Waals surface area (Å²) in [5.41, 5.74) is 1.21. The number of fused-ring (bicyclic) bond motifs is 1. The minimum Gasteiger partial charge on any atom is -0.436 e. The molecule has 0 saturated carbocycles. The zero-order chi connectivity index (χ0) is 19.9. The van der Waals surface area contributed by atoms with Gasteiger partial charge in [0.15, 0.2) is 11.2 Å². The van der Waals surface area contributed by atoms with Crippen LogP contribution in [0.25, 0.3) is 11.2 Å². The monoisotopic (exact) mass is 386 g/mol. The number of unbranched alkanes of at least 4 members (excludes halogenated alkanes) is 11. The molecule has 28 heavy (non-hydrogen) atoms. The topological polar surface area (TPSA) is 59.2 Å². The number of hydrogen-bond donors (Lipinski definition) is 1. The van der Waals surface area contributed by atoms with E-state index in [0.29, 0.717) is 23.5 Å². The fraction of sp³-hybridized carbons (Fsp3) is 0.667. The maximum Gasteiger partial charge on any atom is 0.225 e. The third-order valence-electron chi connectivity index (χ3n) is 5.21. The van der Waals surface area contributed by atoms with Crippen LogP contribution in [-0.4, -0.2) is 15.1 Å². The van der Waals surface area contributed by atoms with Crippen molar-refractivity contribution < 1.29 is 9.52 Å². The van der Waals surface area contributed by atoms with Crippen LogP contribution in [0.1, 0.15) is 109 Å². The molecular weight excluding hydrogens is 348 g/mol. The quantitative estimate of drug-likeness (QED) is 0.243. The highest BCUT2D eigenvalue weighted by molar-refractivity contribution is 5.66. The summed E-state index contributed by atoms with van der Waals surface area (Å²) in [6, 6.07) is 3.64. The van der Waals surface area contributed by atoms with Crippen molar-refractivity contribution in [1.82, 2.24) is 9.97 Å². The lowest BCUT2D eigenvalue weighted by atomic mass is 10.1. The van der Waals surface area contributed by atoms with Crippen LogP contribution in [0.3, 0.4) is 0 Å². The normalized spacial score (nSPS) is 12.9. The van der Waals surface area contributed by atoms with Crippen molar-refractivity contribution in [3.63, 3.8) is 0 Å². The average molecular weight is 387 g/mol. The highest BCUT2D eigenvalue weighted by Crippen LogP contribution is 2.23. The summed E-state index contributed by atoms with van der Waals surface area (Å²) in [7, 11) is 0. The van der Waals surface area contributed by atoms with E-state index in [1.165, 1.54) is 70.6 Å². The summed E-state index contributed by atoms with van der Waals surface area (Å²) in [6.07, 6.45) is 23.1. The maximum atomic E-state index is 10.2. The van der Waals surface area contributed by atoms with Crippen LogP contribution in [0.2, 0.25) is 0 Å². The Morgan fingerprint density at radius 1 is 0.929 bits per heavy atom. The lowest BCUT2D eigenvalue weighted by Gasteiger charge is -2.05. The number of pyridine rings is 1. The molecule has 2 heterocycles. The predicted molar refractivity (Wildman–Crippen MR) is 116 cm³/mol. The molecule has 1 N–H and O–H groups in total. The number of hydrogen-bond acceptors (Lipinski definition) is 4. The van der Waals surface area contributed by atoms with Gasteiger partial charge in [0, 0.05) is 6.20 Å². The molecule has 0 aliphatic rings. The summed E-state index contributed by atoms with van der Waals surface area (Å²) >= 11 is 0. The van der Waals surface area contributed by atoms with E-state index in [2.05, 4.69) is 29.0 Å². The Kier molecular flexibility index (Phi) is 11.6. The molecule has 0 aliphatic heterocycles. The van der Waals surface area contributed by atoms with Crippen LogP contribution in [0.4, 0.5) is 0 Å². The Labute approximate surface area is 170 Å². The molecule has 0 fully saturated rings. The second-order valence-electron chi connectivity index (χ2n) is 7.77. The van der Waals surface area contributed by atoms with E-state index in [9.17, 15) is 5.11 Å². The fourth-order valence-corrected chi connectivity index (χ4v) is 3.46. The van der Waals surface area contributed by atoms with E-state index in [1.54, 1.807) is 6.20 Å². The van der Waals surface area contributed by atoms with Gasteiger partial charge in [-0.25, -0.2) is 4.98 Å². The van der Waals surface area contributed by atoms with Gasteiger partial charge in [0.05, 0.1) is 0 Å². The van der Waals surface area contributed by atoms with Crippen LogP contribution in [-0.2, 0) is 0 Å². The molecule has 2 aromatic rings. The van der Waals surface area contributed by atoms with E-state index < -0.39 is 6.10 Å². The van der Waals surface area contributed by atoms with E-state index in [-0.39, 0.29) is 0 Å². The molecule has 2 rings (SSSR count). The van der Waals surface area contributed by atoms with Gasteiger partial charge < -0.3 is 9.52 Å². The van der Waals surface area contributed by atoms with Gasteiger partial charge >= 0.3 is 0 Å². The molecule has 0 bridgehead atoms. The highest BCUT2D eigenvalue weighted by Gasteiger charge is 2.15. The third-order valence-corrected chi connectivity index (χ3v) is 5.21. The summed E-state index contributed by atoms with van der Waals surface area (Å²) in [6.45, 7) is 2.27. The van der Waals surface area contributed by atoms with Crippen LogP contribution in [0.15, 0.2) is 34.9 Å². The van der Waals surface area contributed by atoms with E-state index in [4.69, 9.17) is 4.42 Å². The van der Waals surface area contributed by atoms with E-state index >= 15 is 0 Å². The molecular formula is C24H38N2O2. The summed E-state index contributed by atoms with van der Waals surface area (Å²) in [5.74, 6) is 0.393. The summed E-state index contributed by atoms with van der Waals surface area (Å²) < 4.78 is 5.57. The second kappa shape index (κ2) is 14.3. The molecule has 4 heteroatoms. The molecule has 0 aromatic carbocycles. The van der Waals surface area contributed by atoms with Crippen molar-refractivity contribution in [2.24, 2.45) is 0 Å². The molecule has 0 radical (unpaired) electrons. The van der Waals surface area contributed by atoms with Crippen molar-refractivity contribution in [3.05, 3.63) is 36.4 Å². The minimum atomic E-state index is -0.626. The first-order valence-corrected chi connectivity index (χ1v) is 11.4. The molecule has 0 saturated heterocycles. The van der Waals surface area contributed by atoms with Gasteiger partial charge in [0.2, 0.25) is 5.89 Å². The number of allylic oxidation sites excluding steroid dienone is 2. The summed E-state index contributed by atoms with van der Waals surface area (Å²) in [5, 5.41) is 10.2. The van der Waals surface area contributed by atoms with Gasteiger partial charge in [-0.3, -0.25) is 0 Å². The van der Waals surface area contributed by atoms with Crippen molar-refractivity contribution in [1.29, 1.82) is 0 Å². The van der Waals surface area contributed by atoms with Gasteiger partial charge in [0.25, 0.3) is 0 Å². The Balaban J connectivity index is 1.41. The van der Waals surface area contributed by atoms with Crippen LogP contribution in [0, 0.1) is 0 Å². The van der Waals surface area contributed by atoms with Crippen LogP contribution >= 0.6 is 0 Å². The van der Waals surface area contributed by atoms with Gasteiger partial charge in [-0.1, -0.05) is 76.9 Å². The molecule has 1 atom stereocenters. The molecule has 0 spiro atoms. The number of nitrogens with zero attached hydrogens (tertiary/aromatic N) is 2. The Bertz CT molecular complexity index is 632. The largest absolute Gasteiger partial charge is 0.436 e. The SMILES string of the molecule is CCCCCCCC/C=C/CCCCCCCC(O)c1nc2ncccc2o1. The molecule has 0 amide bonds. The lowest BCUT2D eigenvalue weighted by molar-refractivity contribution is 0.133. The zero-order valence-corrected chi connectivity index (χ0v) is 17.6. The Hall–Kier alpha value is -1.68. The number of aliphatic hydroxyl groups is 1. The first kappa shape index (κ1) is 22.6. The van der Waals surface area contributed by atoms with Crippen molar-refractivity contribution in [2.75, 3.05) is 0 Å². The zero-order valence-electron chi connectivity index (χ0n) is 17.6. The second-order valence-corrected chi connectivity index (χ2v) is 7.77. The van der Waals surface area contributed by atoms with Gasteiger partial charge in [0.1, 0.15) is 6.10 Å². The smallest absolute Gasteiger partial charge is 0.225 e. The maximum absolute atomic E-state index is 10.2. The number of aliphatic hydroxyl groups excluding tert-OH is 1. The molecule has 0 aliphatic carbocycles.